The van der Waals surface area contributed by atoms with Crippen molar-refractivity contribution in [2.24, 2.45) is 0 Å². The fourth-order valence-corrected chi connectivity index (χ4v) is 3.07. The summed E-state index contributed by atoms with van der Waals surface area (Å²) >= 11 is 0. The molecule has 0 atom stereocenters. The molecule has 0 aromatic heterocycles. The van der Waals surface area contributed by atoms with Crippen LogP contribution in [0.2, 0.25) is 0 Å². The Morgan fingerprint density at radius 1 is 0.852 bits per heavy atom. The van der Waals surface area contributed by atoms with Crippen molar-refractivity contribution in [2.75, 3.05) is 17.2 Å². The van der Waals surface area contributed by atoms with Gasteiger partial charge in [-0.15, -0.1) is 0 Å². The van der Waals surface area contributed by atoms with Gasteiger partial charge in [-0.25, -0.2) is 4.79 Å². The van der Waals surface area contributed by atoms with Crippen LogP contribution in [-0.2, 0) is 0 Å². The van der Waals surface area contributed by atoms with E-state index in [9.17, 15) is 9.59 Å². The monoisotopic (exact) mass is 363 g/mol. The number of benzene rings is 2. The number of carbonyl (C=O) groups excluding carboxylic acids is 2. The maximum Gasteiger partial charge on any atom is 0.319 e. The van der Waals surface area contributed by atoms with E-state index in [1.807, 2.05) is 30.3 Å². The molecule has 1 aliphatic rings. The molecule has 1 aliphatic carbocycles. The van der Waals surface area contributed by atoms with Crippen LogP contribution in [0, 0.1) is 0 Å². The van der Waals surface area contributed by atoms with Crippen LogP contribution in [-0.4, -0.2) is 18.5 Å². The molecule has 3 rings (SSSR count). The maximum atomic E-state index is 12.2. The van der Waals surface area contributed by atoms with Crippen LogP contribution < -0.4 is 16.0 Å². The Bertz CT molecular complexity index is 798. The second-order valence-electron chi connectivity index (χ2n) is 6.64. The van der Waals surface area contributed by atoms with E-state index in [1.54, 1.807) is 24.3 Å². The number of hydrogen-bond donors (Lipinski definition) is 3. The Hall–Kier alpha value is -3.08. The van der Waals surface area contributed by atoms with Gasteiger partial charge in [-0.1, -0.05) is 29.8 Å². The molecule has 27 heavy (non-hydrogen) atoms. The van der Waals surface area contributed by atoms with E-state index in [0.717, 1.165) is 24.9 Å². The van der Waals surface area contributed by atoms with Gasteiger partial charge in [-0.05, 0) is 68.5 Å². The summed E-state index contributed by atoms with van der Waals surface area (Å²) in [6.45, 7) is 0.634. The first-order chi connectivity index (χ1) is 13.2. The molecule has 3 N–H and O–H groups in total. The Balaban J connectivity index is 1.44. The number of hydrogen-bond acceptors (Lipinski definition) is 2. The third-order valence-corrected chi connectivity index (χ3v) is 4.55. The van der Waals surface area contributed by atoms with Gasteiger partial charge in [0.15, 0.2) is 0 Å². The summed E-state index contributed by atoms with van der Waals surface area (Å²) in [5.41, 5.74) is 3.38. The topological polar surface area (TPSA) is 70.2 Å². The number of para-hydroxylation sites is 1. The zero-order chi connectivity index (χ0) is 18.9. The largest absolute Gasteiger partial charge is 0.338 e. The molecule has 0 bridgehead atoms. The highest BCUT2D eigenvalue weighted by Gasteiger charge is 2.08. The highest BCUT2D eigenvalue weighted by atomic mass is 16.2. The lowest BCUT2D eigenvalue weighted by Gasteiger charge is -2.13. The molecule has 0 radical (unpaired) electrons. The summed E-state index contributed by atoms with van der Waals surface area (Å²) in [5.74, 6) is -0.182. The minimum Gasteiger partial charge on any atom is -0.338 e. The van der Waals surface area contributed by atoms with Gasteiger partial charge in [0.25, 0.3) is 5.91 Å². The zero-order valence-corrected chi connectivity index (χ0v) is 15.3. The van der Waals surface area contributed by atoms with Crippen LogP contribution in [0.5, 0.6) is 0 Å². The van der Waals surface area contributed by atoms with Crippen molar-refractivity contribution in [3.05, 3.63) is 71.8 Å². The first-order valence-electron chi connectivity index (χ1n) is 9.40. The highest BCUT2D eigenvalue weighted by Crippen LogP contribution is 2.19. The minimum atomic E-state index is -0.229. The van der Waals surface area contributed by atoms with E-state index >= 15 is 0 Å². The van der Waals surface area contributed by atoms with Gasteiger partial charge in [-0.3, -0.25) is 4.79 Å². The molecule has 5 heteroatoms. The molecule has 0 heterocycles. The van der Waals surface area contributed by atoms with Crippen molar-refractivity contribution in [2.45, 2.75) is 32.1 Å². The summed E-state index contributed by atoms with van der Waals surface area (Å²) in [6.07, 6.45) is 8.04. The average molecular weight is 363 g/mol. The molecule has 0 unspecified atom stereocenters. The second-order valence-corrected chi connectivity index (χ2v) is 6.64. The number of anilines is 2. The third kappa shape index (κ3) is 5.99. The predicted octanol–water partition coefficient (Wildman–Crippen LogP) is 4.95. The number of nitrogens with one attached hydrogen (secondary N) is 3. The Labute approximate surface area is 159 Å². The normalized spacial score (nSPS) is 13.4. The number of urea groups is 1. The third-order valence-electron chi connectivity index (χ3n) is 4.55. The average Bonchev–Trinajstić information content (AvgIpc) is 2.70. The second kappa shape index (κ2) is 9.57. The van der Waals surface area contributed by atoms with Gasteiger partial charge in [-0.2, -0.15) is 0 Å². The number of amides is 3. The van der Waals surface area contributed by atoms with E-state index in [4.69, 9.17) is 0 Å². The molecule has 0 saturated heterocycles. The smallest absolute Gasteiger partial charge is 0.319 e. The SMILES string of the molecule is O=C(NCCC1=CCCCC1)Nc1ccc(C(=O)Nc2ccccc2)cc1. The number of rotatable bonds is 6. The van der Waals surface area contributed by atoms with Crippen LogP contribution in [0.15, 0.2) is 66.2 Å². The van der Waals surface area contributed by atoms with E-state index in [-0.39, 0.29) is 11.9 Å². The van der Waals surface area contributed by atoms with Gasteiger partial charge >= 0.3 is 6.03 Å². The predicted molar refractivity (Wildman–Crippen MR) is 109 cm³/mol. The molecule has 0 spiro atoms. The zero-order valence-electron chi connectivity index (χ0n) is 15.3. The van der Waals surface area contributed by atoms with Crippen LogP contribution >= 0.6 is 0 Å². The first-order valence-corrected chi connectivity index (χ1v) is 9.40. The van der Waals surface area contributed by atoms with Crippen LogP contribution in [0.4, 0.5) is 16.2 Å². The molecular weight excluding hydrogens is 338 g/mol. The number of allylic oxidation sites excluding steroid dienone is 1. The van der Waals surface area contributed by atoms with E-state index < -0.39 is 0 Å². The molecular formula is C22H25N3O2. The van der Waals surface area contributed by atoms with Gasteiger partial charge in [0, 0.05) is 23.5 Å². The lowest BCUT2D eigenvalue weighted by Crippen LogP contribution is -2.29. The van der Waals surface area contributed by atoms with Gasteiger partial charge in [0.1, 0.15) is 0 Å². The van der Waals surface area contributed by atoms with Crippen molar-refractivity contribution in [3.8, 4) is 0 Å². The number of carbonyl (C=O) groups is 2. The molecule has 0 fully saturated rings. The minimum absolute atomic E-state index is 0.182. The molecule has 140 valence electrons. The van der Waals surface area contributed by atoms with E-state index in [2.05, 4.69) is 22.0 Å². The molecule has 0 saturated carbocycles. The summed E-state index contributed by atoms with van der Waals surface area (Å²) < 4.78 is 0. The van der Waals surface area contributed by atoms with Gasteiger partial charge in [0.2, 0.25) is 0 Å². The molecule has 2 aromatic carbocycles. The lowest BCUT2D eigenvalue weighted by atomic mass is 9.97. The standard InChI is InChI=1S/C22H25N3O2/c26-21(24-19-9-5-2-6-10-19)18-11-13-20(14-12-18)25-22(27)23-16-15-17-7-3-1-4-8-17/h2,5-7,9-14H,1,3-4,8,15-16H2,(H,24,26)(H2,23,25,27). The fraction of sp³-hybridized carbons (Fsp3) is 0.273. The van der Waals surface area contributed by atoms with Crippen LogP contribution in [0.3, 0.4) is 0 Å². The van der Waals surface area contributed by atoms with E-state index in [1.165, 1.54) is 18.4 Å². The summed E-state index contributed by atoms with van der Waals surface area (Å²) in [6, 6.07) is 15.9. The van der Waals surface area contributed by atoms with Crippen molar-refractivity contribution < 1.29 is 9.59 Å². The molecule has 5 nitrogen and oxygen atoms in total. The summed E-state index contributed by atoms with van der Waals surface area (Å²) in [5, 5.41) is 8.51. The highest BCUT2D eigenvalue weighted by molar-refractivity contribution is 6.04. The van der Waals surface area contributed by atoms with Crippen LogP contribution in [0.1, 0.15) is 42.5 Å². The van der Waals surface area contributed by atoms with Crippen LogP contribution in [0.25, 0.3) is 0 Å². The molecule has 2 aromatic rings. The quantitative estimate of drug-likeness (QED) is 0.636. The Morgan fingerprint density at radius 2 is 1.59 bits per heavy atom. The van der Waals surface area contributed by atoms with Crippen molar-refractivity contribution in [3.63, 3.8) is 0 Å². The van der Waals surface area contributed by atoms with Crippen molar-refractivity contribution in [1.82, 2.24) is 5.32 Å². The Morgan fingerprint density at radius 3 is 2.30 bits per heavy atom. The first kappa shape index (κ1) is 18.7. The molecule has 3 amide bonds. The summed E-state index contributed by atoms with van der Waals surface area (Å²) in [4.78, 5) is 24.2. The molecule has 0 aliphatic heterocycles. The van der Waals surface area contributed by atoms with Gasteiger partial charge < -0.3 is 16.0 Å². The van der Waals surface area contributed by atoms with Gasteiger partial charge in [0.05, 0.1) is 0 Å². The summed E-state index contributed by atoms with van der Waals surface area (Å²) in [7, 11) is 0. The van der Waals surface area contributed by atoms with Crippen molar-refractivity contribution in [1.29, 1.82) is 0 Å². The lowest BCUT2D eigenvalue weighted by molar-refractivity contribution is 0.102. The van der Waals surface area contributed by atoms with Crippen molar-refractivity contribution >= 4 is 23.3 Å². The fourth-order valence-electron chi connectivity index (χ4n) is 3.07. The maximum absolute atomic E-state index is 12.2. The Kier molecular flexibility index (Phi) is 6.63. The van der Waals surface area contributed by atoms with E-state index in [0.29, 0.717) is 17.8 Å².